The number of unbranched alkanes of at least 4 members (excludes halogenated alkanes) is 2. The monoisotopic (exact) mass is 338 g/mol. The molecule has 0 aliphatic carbocycles. The Morgan fingerprint density at radius 1 is 1.20 bits per heavy atom. The molecule has 4 heterocycles. The first-order chi connectivity index (χ1) is 12.2. The summed E-state index contributed by atoms with van der Waals surface area (Å²) < 4.78 is 2.99. The molecule has 25 heavy (non-hydrogen) atoms. The molecular formula is C16H18N8O. The van der Waals surface area contributed by atoms with Crippen molar-refractivity contribution in [2.45, 2.75) is 39.7 Å². The highest BCUT2D eigenvalue weighted by molar-refractivity contribution is 5.86. The zero-order chi connectivity index (χ0) is 17.4. The summed E-state index contributed by atoms with van der Waals surface area (Å²) in [5, 5.41) is 4.36. The fourth-order valence-corrected chi connectivity index (χ4v) is 2.90. The van der Waals surface area contributed by atoms with E-state index in [-0.39, 0.29) is 5.69 Å². The van der Waals surface area contributed by atoms with Gasteiger partial charge in [-0.1, -0.05) is 19.8 Å². The average Bonchev–Trinajstić information content (AvgIpc) is 3.22. The third-order valence-electron chi connectivity index (χ3n) is 4.10. The smallest absolute Gasteiger partial charge is 0.338 e. The summed E-state index contributed by atoms with van der Waals surface area (Å²) in [6.45, 7) is 4.59. The molecule has 0 bridgehead atoms. The summed E-state index contributed by atoms with van der Waals surface area (Å²) in [7, 11) is 0. The zero-order valence-corrected chi connectivity index (χ0v) is 14.1. The van der Waals surface area contributed by atoms with E-state index in [1.807, 2.05) is 6.92 Å². The molecule has 9 heteroatoms. The quantitative estimate of drug-likeness (QED) is 0.555. The molecule has 0 amide bonds. The van der Waals surface area contributed by atoms with Crippen LogP contribution in [0.3, 0.4) is 0 Å². The molecule has 1 N–H and O–H groups in total. The summed E-state index contributed by atoms with van der Waals surface area (Å²) in [5.74, 6) is 1.12. The molecule has 4 aromatic heterocycles. The number of nitrogens with zero attached hydrogens (tertiary/aromatic N) is 7. The summed E-state index contributed by atoms with van der Waals surface area (Å²) in [6.07, 6.45) is 6.10. The summed E-state index contributed by atoms with van der Waals surface area (Å²) in [6, 6.07) is 1.71. The van der Waals surface area contributed by atoms with Crippen molar-refractivity contribution in [3.8, 4) is 11.5 Å². The van der Waals surface area contributed by atoms with E-state index in [0.29, 0.717) is 34.9 Å². The highest BCUT2D eigenvalue weighted by Gasteiger charge is 2.18. The van der Waals surface area contributed by atoms with Crippen molar-refractivity contribution in [3.05, 3.63) is 34.9 Å². The molecule has 0 unspecified atom stereocenters. The van der Waals surface area contributed by atoms with Crippen LogP contribution in [0, 0.1) is 6.92 Å². The average molecular weight is 338 g/mol. The number of nitrogens with one attached hydrogen (secondary N) is 1. The fourth-order valence-electron chi connectivity index (χ4n) is 2.90. The van der Waals surface area contributed by atoms with Gasteiger partial charge in [0.1, 0.15) is 23.4 Å². The largest absolute Gasteiger partial charge is 0.352 e. The first-order valence-electron chi connectivity index (χ1n) is 8.31. The summed E-state index contributed by atoms with van der Waals surface area (Å²) in [4.78, 5) is 33.2. The van der Waals surface area contributed by atoms with Gasteiger partial charge in [-0.2, -0.15) is 4.52 Å². The molecule has 4 aromatic rings. The Hall–Kier alpha value is -3.10. The van der Waals surface area contributed by atoms with Gasteiger partial charge in [0.15, 0.2) is 11.3 Å². The van der Waals surface area contributed by atoms with E-state index in [1.165, 1.54) is 10.8 Å². The predicted octanol–water partition coefficient (Wildman–Crippen LogP) is 1.72. The van der Waals surface area contributed by atoms with Crippen molar-refractivity contribution in [2.75, 3.05) is 0 Å². The van der Waals surface area contributed by atoms with Gasteiger partial charge in [0.2, 0.25) is 5.82 Å². The molecule has 0 saturated heterocycles. The molecule has 0 fully saturated rings. The van der Waals surface area contributed by atoms with Gasteiger partial charge in [0.05, 0.1) is 0 Å². The van der Waals surface area contributed by atoms with E-state index in [4.69, 9.17) is 0 Å². The molecule has 0 aromatic carbocycles. The standard InChI is InChI=1S/C16H18N8O/c1-3-4-5-8-23-14-12(19-10(2)20-14)15-21-13(22-24(15)16(23)25)11-6-7-17-9-18-11/h6-7,9H,3-5,8H2,1-2H3,(H,19,20). The van der Waals surface area contributed by atoms with Crippen molar-refractivity contribution in [2.24, 2.45) is 0 Å². The van der Waals surface area contributed by atoms with Crippen LogP contribution in [0.4, 0.5) is 0 Å². The normalized spacial score (nSPS) is 11.6. The van der Waals surface area contributed by atoms with Crippen LogP contribution in [0.1, 0.15) is 32.0 Å². The minimum atomic E-state index is -0.238. The maximum absolute atomic E-state index is 12.9. The molecule has 0 aliphatic rings. The highest BCUT2D eigenvalue weighted by atomic mass is 16.2. The van der Waals surface area contributed by atoms with E-state index in [1.54, 1.807) is 16.8 Å². The van der Waals surface area contributed by atoms with Crippen molar-refractivity contribution < 1.29 is 0 Å². The Kier molecular flexibility index (Phi) is 3.75. The summed E-state index contributed by atoms with van der Waals surface area (Å²) >= 11 is 0. The van der Waals surface area contributed by atoms with Gasteiger partial charge in [-0.25, -0.2) is 24.7 Å². The number of H-pyrrole nitrogens is 1. The second kappa shape index (κ2) is 6.08. The lowest BCUT2D eigenvalue weighted by Gasteiger charge is -2.06. The predicted molar refractivity (Wildman–Crippen MR) is 92.2 cm³/mol. The van der Waals surface area contributed by atoms with Gasteiger partial charge in [-0.3, -0.25) is 4.57 Å². The Morgan fingerprint density at radius 3 is 2.84 bits per heavy atom. The van der Waals surface area contributed by atoms with Gasteiger partial charge in [-0.05, 0) is 19.4 Å². The van der Waals surface area contributed by atoms with Gasteiger partial charge >= 0.3 is 5.69 Å². The third kappa shape index (κ3) is 2.57. The lowest BCUT2D eigenvalue weighted by atomic mass is 10.2. The number of fused-ring (bicyclic) bond motifs is 3. The van der Waals surface area contributed by atoms with Crippen molar-refractivity contribution >= 4 is 16.8 Å². The maximum atomic E-state index is 12.9. The van der Waals surface area contributed by atoms with Crippen LogP contribution in [-0.4, -0.2) is 39.1 Å². The Bertz CT molecular complexity index is 1090. The van der Waals surface area contributed by atoms with Gasteiger partial charge in [-0.15, -0.1) is 5.10 Å². The topological polar surface area (TPSA) is 107 Å². The number of aromatic nitrogens is 8. The van der Waals surface area contributed by atoms with Gasteiger partial charge < -0.3 is 4.98 Å². The zero-order valence-electron chi connectivity index (χ0n) is 14.1. The molecule has 9 nitrogen and oxygen atoms in total. The second-order valence-corrected chi connectivity index (χ2v) is 5.93. The Labute approximate surface area is 142 Å². The fraction of sp³-hybridized carbons (Fsp3) is 0.375. The van der Waals surface area contributed by atoms with E-state index < -0.39 is 0 Å². The first-order valence-corrected chi connectivity index (χ1v) is 8.31. The molecule has 0 aliphatic heterocycles. The first kappa shape index (κ1) is 15.4. The maximum Gasteiger partial charge on any atom is 0.352 e. The number of aryl methyl sites for hydroxylation is 2. The molecule has 4 rings (SSSR count). The van der Waals surface area contributed by atoms with E-state index in [9.17, 15) is 4.79 Å². The van der Waals surface area contributed by atoms with Crippen LogP contribution in [0.15, 0.2) is 23.4 Å². The van der Waals surface area contributed by atoms with Crippen LogP contribution in [0.2, 0.25) is 0 Å². The van der Waals surface area contributed by atoms with Gasteiger partial charge in [0, 0.05) is 12.7 Å². The van der Waals surface area contributed by atoms with Crippen LogP contribution < -0.4 is 5.69 Å². The number of imidazole rings is 1. The molecule has 0 atom stereocenters. The number of hydrogen-bond donors (Lipinski definition) is 1. The molecule has 128 valence electrons. The van der Waals surface area contributed by atoms with Crippen LogP contribution in [-0.2, 0) is 6.54 Å². The minimum Gasteiger partial charge on any atom is -0.338 e. The minimum absolute atomic E-state index is 0.238. The summed E-state index contributed by atoms with van der Waals surface area (Å²) in [5.41, 5.74) is 2.12. The number of aromatic amines is 1. The molecule has 0 spiro atoms. The van der Waals surface area contributed by atoms with Crippen LogP contribution >= 0.6 is 0 Å². The third-order valence-corrected chi connectivity index (χ3v) is 4.10. The van der Waals surface area contributed by atoms with Crippen molar-refractivity contribution in [3.63, 3.8) is 0 Å². The lowest BCUT2D eigenvalue weighted by Crippen LogP contribution is -2.28. The van der Waals surface area contributed by atoms with Crippen molar-refractivity contribution in [1.29, 1.82) is 0 Å². The lowest BCUT2D eigenvalue weighted by molar-refractivity contribution is 0.579. The van der Waals surface area contributed by atoms with Crippen LogP contribution in [0.25, 0.3) is 28.3 Å². The molecular weight excluding hydrogens is 320 g/mol. The van der Waals surface area contributed by atoms with Crippen molar-refractivity contribution in [1.82, 2.24) is 39.1 Å². The number of hydrogen-bond acceptors (Lipinski definition) is 6. The Balaban J connectivity index is 1.96. The molecule has 0 saturated carbocycles. The van der Waals surface area contributed by atoms with Crippen LogP contribution in [0.5, 0.6) is 0 Å². The Morgan fingerprint density at radius 2 is 2.08 bits per heavy atom. The van der Waals surface area contributed by atoms with E-state index >= 15 is 0 Å². The SMILES string of the molecule is CCCCCn1c(=O)n2nc(-c3ccncn3)nc2c2[nH]c(C)nc21. The number of rotatable bonds is 5. The molecule has 0 radical (unpaired) electrons. The van der Waals surface area contributed by atoms with E-state index in [0.717, 1.165) is 25.1 Å². The second-order valence-electron chi connectivity index (χ2n) is 5.93. The van der Waals surface area contributed by atoms with Gasteiger partial charge in [0.25, 0.3) is 0 Å². The highest BCUT2D eigenvalue weighted by Crippen LogP contribution is 2.18. The van der Waals surface area contributed by atoms with E-state index in [2.05, 4.69) is 36.9 Å².